The molecule has 0 aliphatic carbocycles. The van der Waals surface area contributed by atoms with Crippen LogP contribution < -0.4 is 0 Å². The summed E-state index contributed by atoms with van der Waals surface area (Å²) in [5.41, 5.74) is 0.968. The zero-order valence-electron chi connectivity index (χ0n) is 16.4. The Morgan fingerprint density at radius 3 is 2.58 bits per heavy atom. The van der Waals surface area contributed by atoms with Crippen molar-refractivity contribution in [3.8, 4) is 0 Å². The summed E-state index contributed by atoms with van der Waals surface area (Å²) in [7, 11) is 0. The summed E-state index contributed by atoms with van der Waals surface area (Å²) in [4.78, 5) is 31.3. The van der Waals surface area contributed by atoms with Crippen LogP contribution in [0.2, 0.25) is 0 Å². The number of ketones is 1. The van der Waals surface area contributed by atoms with Crippen LogP contribution in [-0.2, 0) is 16.1 Å². The average molecular weight is 484 g/mol. The number of imidazole rings is 1. The van der Waals surface area contributed by atoms with Gasteiger partial charge >= 0.3 is 0 Å². The number of aromatic nitrogens is 2. The van der Waals surface area contributed by atoms with Crippen LogP contribution in [0, 0.1) is 5.82 Å². The first-order valence-electron chi connectivity index (χ1n) is 9.71. The number of nitrogens with zero attached hydrogens (tertiary/aromatic N) is 3. The van der Waals surface area contributed by atoms with Crippen molar-refractivity contribution >= 4 is 33.4 Å². The second-order valence-electron chi connectivity index (χ2n) is 7.21. The predicted octanol–water partition coefficient (Wildman–Crippen LogP) is 4.30. The third-order valence-corrected chi connectivity index (χ3v) is 5.69. The fourth-order valence-corrected chi connectivity index (χ4v) is 4.16. The van der Waals surface area contributed by atoms with Gasteiger partial charge in [0, 0.05) is 35.5 Å². The highest BCUT2D eigenvalue weighted by Gasteiger charge is 2.45. The number of Topliss-reactive ketones (excluding diaryl/α,β-unsaturated/α-hetero) is 1. The smallest absolute Gasteiger partial charge is 0.295 e. The van der Waals surface area contributed by atoms with E-state index in [1.165, 1.54) is 29.2 Å². The van der Waals surface area contributed by atoms with Gasteiger partial charge in [0.25, 0.3) is 11.7 Å². The first-order chi connectivity index (χ1) is 15.0. The van der Waals surface area contributed by atoms with E-state index in [1.807, 2.05) is 35.0 Å². The number of aliphatic hydroxyl groups is 1. The molecule has 1 fully saturated rings. The fraction of sp³-hybridized carbons (Fsp3) is 0.174. The van der Waals surface area contributed by atoms with Gasteiger partial charge in [-0.25, -0.2) is 9.37 Å². The second-order valence-corrected chi connectivity index (χ2v) is 8.12. The molecule has 1 saturated heterocycles. The van der Waals surface area contributed by atoms with Crippen molar-refractivity contribution in [2.75, 3.05) is 6.54 Å². The lowest BCUT2D eigenvalue weighted by molar-refractivity contribution is -0.139. The van der Waals surface area contributed by atoms with Gasteiger partial charge in [0.05, 0.1) is 17.9 Å². The van der Waals surface area contributed by atoms with E-state index in [9.17, 15) is 19.1 Å². The molecule has 0 spiro atoms. The molecule has 1 aliphatic heterocycles. The highest BCUT2D eigenvalue weighted by Crippen LogP contribution is 2.40. The Morgan fingerprint density at radius 1 is 1.13 bits per heavy atom. The molecular formula is C23H19BrFN3O3. The van der Waals surface area contributed by atoms with Crippen molar-refractivity contribution in [2.24, 2.45) is 0 Å². The number of aliphatic hydroxyl groups excluding tert-OH is 1. The van der Waals surface area contributed by atoms with Crippen LogP contribution in [0.15, 0.2) is 77.3 Å². The molecule has 1 atom stereocenters. The molecule has 1 amide bonds. The summed E-state index contributed by atoms with van der Waals surface area (Å²) in [6.45, 7) is 0.951. The normalized spacial score (nSPS) is 18.0. The fourth-order valence-electron chi connectivity index (χ4n) is 3.74. The Labute approximate surface area is 186 Å². The minimum absolute atomic E-state index is 0.00246. The molecule has 0 bridgehead atoms. The van der Waals surface area contributed by atoms with Crippen molar-refractivity contribution in [3.63, 3.8) is 0 Å². The molecule has 31 heavy (non-hydrogen) atoms. The van der Waals surface area contributed by atoms with Gasteiger partial charge in [0.15, 0.2) is 0 Å². The first-order valence-corrected chi connectivity index (χ1v) is 10.5. The van der Waals surface area contributed by atoms with Crippen LogP contribution in [0.25, 0.3) is 5.76 Å². The Hall–Kier alpha value is -3.26. The van der Waals surface area contributed by atoms with E-state index in [1.54, 1.807) is 12.5 Å². The topological polar surface area (TPSA) is 75.4 Å². The van der Waals surface area contributed by atoms with Gasteiger partial charge in [-0.2, -0.15) is 0 Å². The Balaban J connectivity index is 1.73. The molecule has 158 valence electrons. The number of hydrogen-bond acceptors (Lipinski definition) is 4. The van der Waals surface area contributed by atoms with E-state index in [0.717, 1.165) is 4.47 Å². The largest absolute Gasteiger partial charge is 0.507 e. The van der Waals surface area contributed by atoms with Crippen LogP contribution in [-0.4, -0.2) is 37.8 Å². The lowest BCUT2D eigenvalue weighted by atomic mass is 9.95. The van der Waals surface area contributed by atoms with Crippen LogP contribution in [0.4, 0.5) is 4.39 Å². The van der Waals surface area contributed by atoms with Crippen LogP contribution >= 0.6 is 15.9 Å². The van der Waals surface area contributed by atoms with Gasteiger partial charge in [-0.15, -0.1) is 0 Å². The predicted molar refractivity (Wildman–Crippen MR) is 116 cm³/mol. The molecule has 1 aromatic heterocycles. The molecule has 4 rings (SSSR count). The summed E-state index contributed by atoms with van der Waals surface area (Å²) in [5, 5.41) is 10.9. The number of carbonyl (C=O) groups is 2. The van der Waals surface area contributed by atoms with Crippen molar-refractivity contribution in [1.29, 1.82) is 0 Å². The number of rotatable bonds is 6. The number of hydrogen-bond donors (Lipinski definition) is 1. The third kappa shape index (κ3) is 4.29. The standard InChI is InChI=1S/C23H19BrFN3O3/c24-17-4-1-3-16(13-17)20-19(21(29)15-5-7-18(25)8-6-15)22(30)23(31)28(20)11-2-10-27-12-9-26-14-27/h1,3-9,12-14,20,29H,2,10-11H2/t20-/m0/s1. The number of halogens is 2. The summed E-state index contributed by atoms with van der Waals surface area (Å²) < 4.78 is 16.0. The first kappa shape index (κ1) is 21.0. The molecule has 1 aliphatic rings. The minimum atomic E-state index is -0.755. The van der Waals surface area contributed by atoms with Gasteiger partial charge in [-0.05, 0) is 48.4 Å². The van der Waals surface area contributed by atoms with E-state index < -0.39 is 23.5 Å². The molecule has 3 aromatic rings. The minimum Gasteiger partial charge on any atom is -0.507 e. The summed E-state index contributed by atoms with van der Waals surface area (Å²) in [6.07, 6.45) is 5.80. The van der Waals surface area contributed by atoms with E-state index in [4.69, 9.17) is 0 Å². The van der Waals surface area contributed by atoms with Crippen LogP contribution in [0.1, 0.15) is 23.6 Å². The van der Waals surface area contributed by atoms with E-state index in [0.29, 0.717) is 25.1 Å². The van der Waals surface area contributed by atoms with E-state index in [-0.39, 0.29) is 16.9 Å². The molecule has 2 aromatic carbocycles. The third-order valence-electron chi connectivity index (χ3n) is 5.20. The van der Waals surface area contributed by atoms with Crippen molar-refractivity contribution < 1.29 is 19.1 Å². The monoisotopic (exact) mass is 483 g/mol. The Bertz CT molecular complexity index is 1140. The maximum Gasteiger partial charge on any atom is 0.295 e. The van der Waals surface area contributed by atoms with Crippen molar-refractivity contribution in [2.45, 2.75) is 19.0 Å². The maximum absolute atomic E-state index is 13.3. The van der Waals surface area contributed by atoms with Gasteiger partial charge in [-0.1, -0.05) is 28.1 Å². The molecule has 0 radical (unpaired) electrons. The second kappa shape index (κ2) is 8.85. The lowest BCUT2D eigenvalue weighted by Crippen LogP contribution is -2.31. The zero-order valence-corrected chi connectivity index (χ0v) is 18.0. The summed E-state index contributed by atoms with van der Waals surface area (Å²) in [6, 6.07) is 11.7. The number of aryl methyl sites for hydroxylation is 1. The Morgan fingerprint density at radius 2 is 1.90 bits per heavy atom. The highest BCUT2D eigenvalue weighted by molar-refractivity contribution is 9.10. The van der Waals surface area contributed by atoms with Gasteiger partial charge < -0.3 is 14.6 Å². The van der Waals surface area contributed by atoms with E-state index in [2.05, 4.69) is 20.9 Å². The van der Waals surface area contributed by atoms with Crippen LogP contribution in [0.5, 0.6) is 0 Å². The van der Waals surface area contributed by atoms with Gasteiger partial charge in [0.2, 0.25) is 0 Å². The summed E-state index contributed by atoms with van der Waals surface area (Å²) >= 11 is 3.43. The number of carbonyl (C=O) groups excluding carboxylic acids is 2. The molecule has 6 nitrogen and oxygen atoms in total. The molecule has 0 saturated carbocycles. The number of amides is 1. The maximum atomic E-state index is 13.3. The average Bonchev–Trinajstić information content (AvgIpc) is 3.36. The lowest BCUT2D eigenvalue weighted by Gasteiger charge is -2.25. The van der Waals surface area contributed by atoms with Gasteiger partial charge in [0.1, 0.15) is 11.6 Å². The molecule has 8 heteroatoms. The highest BCUT2D eigenvalue weighted by atomic mass is 79.9. The quantitative estimate of drug-likeness (QED) is 0.322. The summed E-state index contributed by atoms with van der Waals surface area (Å²) in [5.74, 6) is -2.20. The SMILES string of the molecule is O=C1C(=O)N(CCCn2ccnc2)[C@@H](c2cccc(Br)c2)C1=C(O)c1ccc(F)cc1. The van der Waals surface area contributed by atoms with E-state index >= 15 is 0 Å². The molecule has 0 unspecified atom stereocenters. The van der Waals surface area contributed by atoms with Gasteiger partial charge in [-0.3, -0.25) is 9.59 Å². The Kier molecular flexibility index (Phi) is 5.99. The zero-order chi connectivity index (χ0) is 22.0. The van der Waals surface area contributed by atoms with Crippen molar-refractivity contribution in [1.82, 2.24) is 14.5 Å². The molecule has 1 N–H and O–H groups in total. The van der Waals surface area contributed by atoms with Crippen LogP contribution in [0.3, 0.4) is 0 Å². The molecule has 2 heterocycles. The number of likely N-dealkylation sites (tertiary alicyclic amines) is 1. The molecular weight excluding hydrogens is 465 g/mol. The van der Waals surface area contributed by atoms with Crippen molar-refractivity contribution in [3.05, 3.63) is 94.2 Å². The number of benzene rings is 2.